The number of carbonyl (C=O) groups excluding carboxylic acids is 3. The van der Waals surface area contributed by atoms with Gasteiger partial charge in [0.2, 0.25) is 5.91 Å². The number of nitrogens with two attached hydrogens (primary N) is 1. The lowest BCUT2D eigenvalue weighted by Gasteiger charge is -2.31. The molecule has 1 aliphatic rings. The molecule has 9 nitrogen and oxygen atoms in total. The van der Waals surface area contributed by atoms with E-state index >= 15 is 0 Å². The molecule has 2 aromatic rings. The van der Waals surface area contributed by atoms with Crippen molar-refractivity contribution in [2.24, 2.45) is 11.7 Å². The summed E-state index contributed by atoms with van der Waals surface area (Å²) in [6.45, 7) is 2.18. The number of rotatable bonds is 7. The zero-order chi connectivity index (χ0) is 20.8. The number of ether oxygens (including phenoxy) is 1. The van der Waals surface area contributed by atoms with Gasteiger partial charge in [0.1, 0.15) is 10.8 Å². The van der Waals surface area contributed by atoms with Gasteiger partial charge in [0.05, 0.1) is 17.2 Å². The molecule has 3 rings (SSSR count). The number of carbonyl (C=O) groups is 3. The molecule has 0 bridgehead atoms. The van der Waals surface area contributed by atoms with Gasteiger partial charge in [-0.1, -0.05) is 16.9 Å². The van der Waals surface area contributed by atoms with Gasteiger partial charge < -0.3 is 19.9 Å². The maximum absolute atomic E-state index is 12.5. The summed E-state index contributed by atoms with van der Waals surface area (Å²) in [7, 11) is 0. The summed E-state index contributed by atoms with van der Waals surface area (Å²) < 4.78 is 10.2. The van der Waals surface area contributed by atoms with Gasteiger partial charge in [-0.2, -0.15) is 0 Å². The van der Waals surface area contributed by atoms with E-state index in [4.69, 9.17) is 15.0 Å². The van der Waals surface area contributed by atoms with Crippen molar-refractivity contribution in [1.29, 1.82) is 0 Å². The largest absolute Gasteiger partial charge is 0.452 e. The first-order valence-corrected chi connectivity index (χ1v) is 10.2. The van der Waals surface area contributed by atoms with E-state index in [0.717, 1.165) is 5.69 Å². The molecule has 2 amide bonds. The smallest absolute Gasteiger partial charge is 0.341 e. The Bertz CT molecular complexity index is 900. The highest BCUT2D eigenvalue weighted by Gasteiger charge is 2.27. The normalized spacial score (nSPS) is 16.4. The van der Waals surface area contributed by atoms with Crippen LogP contribution in [0.25, 0.3) is 0 Å². The predicted molar refractivity (Wildman–Crippen MR) is 104 cm³/mol. The van der Waals surface area contributed by atoms with E-state index in [9.17, 15) is 14.4 Å². The molecule has 0 spiro atoms. The molecule has 0 aliphatic carbocycles. The highest BCUT2D eigenvalue weighted by Crippen LogP contribution is 2.24. The number of nitrogens with zero attached hydrogens (tertiary/aromatic N) is 3. The van der Waals surface area contributed by atoms with E-state index in [2.05, 4.69) is 10.1 Å². The second-order valence-corrected chi connectivity index (χ2v) is 7.70. The first kappa shape index (κ1) is 20.8. The van der Waals surface area contributed by atoms with E-state index in [1.165, 1.54) is 16.7 Å². The number of primary amides is 1. The van der Waals surface area contributed by atoms with Crippen LogP contribution < -0.4 is 5.73 Å². The van der Waals surface area contributed by atoms with Gasteiger partial charge in [-0.25, -0.2) is 9.78 Å². The number of aryl methyl sites for hydroxylation is 1. The lowest BCUT2D eigenvalue weighted by molar-refractivity contribution is -0.137. The molecule has 0 radical (unpaired) electrons. The standard InChI is InChI=1S/C19H22N4O5S/c1-12-8-14(22-28-12)11-29-18-15(5-2-6-21-18)19(26)27-10-16(24)23-7-3-4-13(9-23)17(20)25/h2,5-6,8,13H,3-4,7,9-11H2,1H3,(H2,20,25)/t13-/m1/s1. The number of hydrogen-bond acceptors (Lipinski definition) is 8. The second kappa shape index (κ2) is 9.55. The molecule has 3 heterocycles. The molecule has 154 valence electrons. The lowest BCUT2D eigenvalue weighted by Crippen LogP contribution is -2.45. The van der Waals surface area contributed by atoms with Gasteiger partial charge in [-0.05, 0) is 31.9 Å². The minimum atomic E-state index is -0.631. The molecule has 2 N–H and O–H groups in total. The third kappa shape index (κ3) is 5.57. The van der Waals surface area contributed by atoms with Crippen molar-refractivity contribution in [3.05, 3.63) is 41.4 Å². The molecular weight excluding hydrogens is 396 g/mol. The van der Waals surface area contributed by atoms with Gasteiger partial charge in [0.15, 0.2) is 6.61 Å². The minimum absolute atomic E-state index is 0.261. The number of thioether (sulfide) groups is 1. The highest BCUT2D eigenvalue weighted by molar-refractivity contribution is 7.98. The number of aromatic nitrogens is 2. The van der Waals surface area contributed by atoms with E-state index in [1.54, 1.807) is 25.3 Å². The van der Waals surface area contributed by atoms with Crippen LogP contribution in [0.5, 0.6) is 0 Å². The van der Waals surface area contributed by atoms with Crippen molar-refractivity contribution in [3.8, 4) is 0 Å². The van der Waals surface area contributed by atoms with E-state index < -0.39 is 18.5 Å². The Morgan fingerprint density at radius 1 is 1.41 bits per heavy atom. The van der Waals surface area contributed by atoms with Gasteiger partial charge in [-0.3, -0.25) is 9.59 Å². The van der Waals surface area contributed by atoms with Crippen LogP contribution in [0, 0.1) is 12.8 Å². The second-order valence-electron chi connectivity index (χ2n) is 6.73. The van der Waals surface area contributed by atoms with Crippen molar-refractivity contribution in [3.63, 3.8) is 0 Å². The number of esters is 1. The summed E-state index contributed by atoms with van der Waals surface area (Å²) in [5, 5.41) is 4.40. The van der Waals surface area contributed by atoms with Gasteiger partial charge >= 0.3 is 5.97 Å². The number of likely N-dealkylation sites (tertiary alicyclic amines) is 1. The Morgan fingerprint density at radius 2 is 2.24 bits per heavy atom. The average molecular weight is 418 g/mol. The SMILES string of the molecule is Cc1cc(CSc2ncccc2C(=O)OCC(=O)N2CCC[C@@H](C(N)=O)C2)no1. The third-order valence-electron chi connectivity index (χ3n) is 4.53. The molecule has 10 heteroatoms. The Kier molecular flexibility index (Phi) is 6.86. The summed E-state index contributed by atoms with van der Waals surface area (Å²) in [6.07, 6.45) is 2.94. The summed E-state index contributed by atoms with van der Waals surface area (Å²) in [6, 6.07) is 5.04. The Hall–Kier alpha value is -2.88. The van der Waals surface area contributed by atoms with Crippen LogP contribution in [-0.4, -0.2) is 52.5 Å². The Morgan fingerprint density at radius 3 is 2.97 bits per heavy atom. The summed E-state index contributed by atoms with van der Waals surface area (Å²) in [5.74, 6) is -0.565. The average Bonchev–Trinajstić information content (AvgIpc) is 3.15. The molecule has 29 heavy (non-hydrogen) atoms. The van der Waals surface area contributed by atoms with Crippen molar-refractivity contribution >= 4 is 29.5 Å². The molecule has 0 saturated carbocycles. The Labute approximate surface area is 172 Å². The van der Waals surface area contributed by atoms with Crippen LogP contribution in [0.15, 0.2) is 33.9 Å². The molecule has 1 fully saturated rings. The van der Waals surface area contributed by atoms with E-state index in [0.29, 0.717) is 35.9 Å². The van der Waals surface area contributed by atoms with E-state index in [-0.39, 0.29) is 23.9 Å². The number of amides is 2. The molecule has 1 saturated heterocycles. The molecule has 1 aliphatic heterocycles. The molecule has 1 atom stereocenters. The van der Waals surface area contributed by atoms with Crippen molar-refractivity contribution in [1.82, 2.24) is 15.0 Å². The predicted octanol–water partition coefficient (Wildman–Crippen LogP) is 1.55. The summed E-state index contributed by atoms with van der Waals surface area (Å²) in [5.41, 5.74) is 6.35. The maximum Gasteiger partial charge on any atom is 0.341 e. The molecule has 2 aromatic heterocycles. The van der Waals surface area contributed by atoms with Gasteiger partial charge in [-0.15, -0.1) is 0 Å². The van der Waals surface area contributed by atoms with Crippen LogP contribution in [-0.2, 0) is 20.1 Å². The van der Waals surface area contributed by atoms with Crippen molar-refractivity contribution in [2.75, 3.05) is 19.7 Å². The van der Waals surface area contributed by atoms with Crippen LogP contribution in [0.1, 0.15) is 34.7 Å². The lowest BCUT2D eigenvalue weighted by atomic mass is 9.97. The minimum Gasteiger partial charge on any atom is -0.452 e. The topological polar surface area (TPSA) is 129 Å². The molecular formula is C19H22N4O5S. The first-order chi connectivity index (χ1) is 13.9. The van der Waals surface area contributed by atoms with Gasteiger partial charge in [0.25, 0.3) is 5.91 Å². The monoisotopic (exact) mass is 418 g/mol. The first-order valence-electron chi connectivity index (χ1n) is 9.18. The van der Waals surface area contributed by atoms with Crippen LogP contribution in [0.2, 0.25) is 0 Å². The van der Waals surface area contributed by atoms with Gasteiger partial charge in [0, 0.05) is 31.1 Å². The number of hydrogen-bond donors (Lipinski definition) is 1. The summed E-state index contributed by atoms with van der Waals surface area (Å²) in [4.78, 5) is 41.9. The quantitative estimate of drug-likeness (QED) is 0.530. The fourth-order valence-electron chi connectivity index (χ4n) is 3.02. The van der Waals surface area contributed by atoms with Crippen LogP contribution in [0.3, 0.4) is 0 Å². The van der Waals surface area contributed by atoms with Crippen molar-refractivity contribution in [2.45, 2.75) is 30.5 Å². The maximum atomic E-state index is 12.5. The van der Waals surface area contributed by atoms with E-state index in [1.807, 2.05) is 6.07 Å². The van der Waals surface area contributed by atoms with Crippen molar-refractivity contribution < 1.29 is 23.6 Å². The third-order valence-corrected chi connectivity index (χ3v) is 5.57. The molecule has 0 unspecified atom stereocenters. The fourth-order valence-corrected chi connectivity index (χ4v) is 3.88. The number of piperidine rings is 1. The van der Waals surface area contributed by atoms with Crippen LogP contribution in [0.4, 0.5) is 0 Å². The summed E-state index contributed by atoms with van der Waals surface area (Å²) >= 11 is 1.33. The zero-order valence-electron chi connectivity index (χ0n) is 16.0. The fraction of sp³-hybridized carbons (Fsp3) is 0.421. The Balaban J connectivity index is 1.56. The zero-order valence-corrected chi connectivity index (χ0v) is 16.8. The van der Waals surface area contributed by atoms with Crippen LogP contribution >= 0.6 is 11.8 Å². The highest BCUT2D eigenvalue weighted by atomic mass is 32.2. The number of pyridine rings is 1. The molecule has 0 aromatic carbocycles.